The van der Waals surface area contributed by atoms with Crippen molar-refractivity contribution in [2.24, 2.45) is 0 Å². The molecule has 0 N–H and O–H groups in total. The van der Waals surface area contributed by atoms with Gasteiger partial charge in [-0.1, -0.05) is 12.1 Å². The van der Waals surface area contributed by atoms with Crippen LogP contribution in [0.3, 0.4) is 0 Å². The number of methoxy groups -OCH3 is 1. The lowest BCUT2D eigenvalue weighted by Gasteiger charge is -2.36. The Morgan fingerprint density at radius 1 is 1.33 bits per heavy atom. The number of ether oxygens (including phenoxy) is 3. The van der Waals surface area contributed by atoms with Crippen molar-refractivity contribution in [2.75, 3.05) is 25.2 Å². The van der Waals surface area contributed by atoms with Crippen molar-refractivity contribution in [1.29, 1.82) is 0 Å². The third-order valence-corrected chi connectivity index (χ3v) is 4.78. The highest BCUT2D eigenvalue weighted by molar-refractivity contribution is 5.90. The van der Waals surface area contributed by atoms with E-state index < -0.39 is 17.7 Å². The van der Waals surface area contributed by atoms with E-state index in [0.717, 1.165) is 5.56 Å². The van der Waals surface area contributed by atoms with Crippen LogP contribution < -0.4 is 14.4 Å². The van der Waals surface area contributed by atoms with E-state index in [1.54, 1.807) is 45.9 Å². The van der Waals surface area contributed by atoms with E-state index in [-0.39, 0.29) is 24.9 Å². The van der Waals surface area contributed by atoms with Gasteiger partial charge in [-0.15, -0.1) is 4.73 Å². The molecule has 0 spiro atoms. The fourth-order valence-electron chi connectivity index (χ4n) is 3.34. The third-order valence-electron chi connectivity index (χ3n) is 4.78. The summed E-state index contributed by atoms with van der Waals surface area (Å²) in [6.07, 6.45) is -0.177. The van der Waals surface area contributed by atoms with E-state index in [4.69, 9.17) is 14.2 Å². The number of carbonyl (C=O) groups excluding carboxylic acids is 1. The Bertz CT molecular complexity index is 925. The van der Waals surface area contributed by atoms with Crippen LogP contribution in [0.25, 0.3) is 0 Å². The summed E-state index contributed by atoms with van der Waals surface area (Å²) in [5, 5.41) is 12.9. The number of hydrogen-bond donors (Lipinski definition) is 0. The molecule has 0 radical (unpaired) electrons. The molecule has 1 aliphatic rings. The van der Waals surface area contributed by atoms with E-state index in [0.29, 0.717) is 28.1 Å². The van der Waals surface area contributed by atoms with Crippen LogP contribution in [-0.2, 0) is 15.9 Å². The van der Waals surface area contributed by atoms with Crippen LogP contribution in [-0.4, -0.2) is 38.1 Å². The summed E-state index contributed by atoms with van der Waals surface area (Å²) in [7, 11) is 1.53. The van der Waals surface area contributed by atoms with Crippen molar-refractivity contribution in [3.63, 3.8) is 0 Å². The maximum absolute atomic E-state index is 13.2. The van der Waals surface area contributed by atoms with Crippen LogP contribution in [0, 0.1) is 17.9 Å². The number of benzene rings is 1. The predicted molar refractivity (Wildman–Crippen MR) is 109 cm³/mol. The molecule has 0 aliphatic carbocycles. The quantitative estimate of drug-likeness (QED) is 0.561. The number of rotatable bonds is 4. The SMILES string of the molecule is COC[C@H]1COc2c(cc(Cc3ccc(F)cc3)c(C)[n+]2[O-])N1C(=O)OC(C)(C)C. The summed E-state index contributed by atoms with van der Waals surface area (Å²) in [5.74, 6) is -0.278. The van der Waals surface area contributed by atoms with E-state index in [1.165, 1.54) is 24.1 Å². The average Bonchev–Trinajstić information content (AvgIpc) is 2.66. The predicted octanol–water partition coefficient (Wildman–Crippen LogP) is 3.51. The molecule has 0 saturated heterocycles. The summed E-state index contributed by atoms with van der Waals surface area (Å²) in [6, 6.07) is 7.39. The van der Waals surface area contributed by atoms with Crippen molar-refractivity contribution < 1.29 is 28.1 Å². The number of hydrogen-bond acceptors (Lipinski definition) is 5. The first-order valence-corrected chi connectivity index (χ1v) is 9.75. The lowest BCUT2D eigenvalue weighted by molar-refractivity contribution is -0.619. The molecular weight excluding hydrogens is 391 g/mol. The van der Waals surface area contributed by atoms with Gasteiger partial charge in [0.05, 0.1) is 12.6 Å². The fraction of sp³-hybridized carbons (Fsp3) is 0.455. The van der Waals surface area contributed by atoms with Gasteiger partial charge in [-0.2, -0.15) is 0 Å². The van der Waals surface area contributed by atoms with E-state index in [9.17, 15) is 14.4 Å². The van der Waals surface area contributed by atoms with Crippen molar-refractivity contribution in [2.45, 2.75) is 45.8 Å². The Morgan fingerprint density at radius 3 is 2.60 bits per heavy atom. The maximum atomic E-state index is 13.2. The van der Waals surface area contributed by atoms with Gasteiger partial charge in [0.2, 0.25) is 0 Å². The van der Waals surface area contributed by atoms with Gasteiger partial charge in [0.1, 0.15) is 18.0 Å². The first-order valence-electron chi connectivity index (χ1n) is 9.75. The Hall–Kier alpha value is -2.87. The lowest BCUT2D eigenvalue weighted by Crippen LogP contribution is -2.53. The zero-order valence-electron chi connectivity index (χ0n) is 17.9. The number of amides is 1. The molecule has 2 aromatic rings. The third kappa shape index (κ3) is 4.64. The summed E-state index contributed by atoms with van der Waals surface area (Å²) in [4.78, 5) is 14.4. The van der Waals surface area contributed by atoms with Gasteiger partial charge in [-0.25, -0.2) is 9.18 Å². The van der Waals surface area contributed by atoms with Gasteiger partial charge in [0, 0.05) is 26.0 Å². The molecule has 0 unspecified atom stereocenters. The molecule has 0 bridgehead atoms. The molecule has 1 aliphatic heterocycles. The Labute approximate surface area is 175 Å². The summed E-state index contributed by atoms with van der Waals surface area (Å²) in [5.41, 5.74) is 1.61. The Balaban J connectivity index is 2.05. The lowest BCUT2D eigenvalue weighted by atomic mass is 10.0. The molecule has 162 valence electrons. The minimum atomic E-state index is -0.706. The zero-order valence-corrected chi connectivity index (χ0v) is 17.9. The van der Waals surface area contributed by atoms with Gasteiger partial charge in [0.25, 0.3) is 0 Å². The van der Waals surface area contributed by atoms with Crippen LogP contribution in [0.15, 0.2) is 30.3 Å². The molecule has 8 heteroatoms. The molecule has 1 amide bonds. The number of fused-ring (bicyclic) bond motifs is 1. The highest BCUT2D eigenvalue weighted by atomic mass is 19.1. The number of nitrogens with zero attached hydrogens (tertiary/aromatic N) is 2. The fourth-order valence-corrected chi connectivity index (χ4v) is 3.34. The molecule has 1 atom stereocenters. The second-order valence-corrected chi connectivity index (χ2v) is 8.31. The molecule has 1 aromatic carbocycles. The largest absolute Gasteiger partial charge is 0.616 e. The number of anilines is 1. The van der Waals surface area contributed by atoms with E-state index in [2.05, 4.69) is 0 Å². The minimum Gasteiger partial charge on any atom is -0.616 e. The van der Waals surface area contributed by atoms with Gasteiger partial charge in [0.15, 0.2) is 11.4 Å². The van der Waals surface area contributed by atoms with Gasteiger partial charge < -0.3 is 19.4 Å². The van der Waals surface area contributed by atoms with Crippen molar-refractivity contribution in [3.05, 3.63) is 58.2 Å². The second-order valence-electron chi connectivity index (χ2n) is 8.31. The van der Waals surface area contributed by atoms with Crippen LogP contribution in [0.2, 0.25) is 0 Å². The molecule has 7 nitrogen and oxygen atoms in total. The van der Waals surface area contributed by atoms with Gasteiger partial charge >= 0.3 is 12.0 Å². The van der Waals surface area contributed by atoms with Crippen LogP contribution >= 0.6 is 0 Å². The molecule has 0 saturated carbocycles. The first-order chi connectivity index (χ1) is 14.1. The number of aromatic nitrogens is 1. The van der Waals surface area contributed by atoms with E-state index >= 15 is 0 Å². The number of halogens is 1. The number of carbonyl (C=O) groups is 1. The van der Waals surface area contributed by atoms with Crippen molar-refractivity contribution >= 4 is 11.8 Å². The summed E-state index contributed by atoms with van der Waals surface area (Å²) < 4.78 is 30.5. The highest BCUT2D eigenvalue weighted by Gasteiger charge is 2.40. The standard InChI is InChI=1S/C22H27FN2O5/c1-14-16(10-15-6-8-17(23)9-7-15)11-19-20(25(14)27)29-13-18(12-28-5)24(19)21(26)30-22(2,3)4/h6-9,11,18H,10,12-13H2,1-5H3/t18-/m0/s1. The molecule has 2 heterocycles. The minimum absolute atomic E-state index is 0.0496. The highest BCUT2D eigenvalue weighted by Crippen LogP contribution is 2.34. The molecule has 1 aromatic heterocycles. The summed E-state index contributed by atoms with van der Waals surface area (Å²) >= 11 is 0. The smallest absolute Gasteiger partial charge is 0.415 e. The zero-order chi connectivity index (χ0) is 22.1. The van der Waals surface area contributed by atoms with Crippen LogP contribution in [0.5, 0.6) is 5.88 Å². The Kier molecular flexibility index (Phi) is 6.17. The molecule has 0 fully saturated rings. The average molecular weight is 418 g/mol. The van der Waals surface area contributed by atoms with Crippen molar-refractivity contribution in [3.8, 4) is 5.88 Å². The monoisotopic (exact) mass is 418 g/mol. The topological polar surface area (TPSA) is 74.9 Å². The normalized spacial score (nSPS) is 16.1. The van der Waals surface area contributed by atoms with Crippen LogP contribution in [0.4, 0.5) is 14.9 Å². The second kappa shape index (κ2) is 8.47. The summed E-state index contributed by atoms with van der Waals surface area (Å²) in [6.45, 7) is 7.35. The first kappa shape index (κ1) is 21.8. The van der Waals surface area contributed by atoms with Gasteiger partial charge in [-0.3, -0.25) is 4.90 Å². The molecular formula is C22H27FN2O5. The van der Waals surface area contributed by atoms with Crippen molar-refractivity contribution in [1.82, 2.24) is 0 Å². The molecule has 3 rings (SSSR count). The van der Waals surface area contributed by atoms with Gasteiger partial charge in [-0.05, 0) is 44.5 Å². The van der Waals surface area contributed by atoms with Crippen LogP contribution in [0.1, 0.15) is 37.6 Å². The molecule has 30 heavy (non-hydrogen) atoms. The van der Waals surface area contributed by atoms with E-state index in [1.807, 2.05) is 0 Å². The number of pyridine rings is 1. The Morgan fingerprint density at radius 2 is 2.00 bits per heavy atom. The maximum Gasteiger partial charge on any atom is 0.415 e.